The fourth-order valence-electron chi connectivity index (χ4n) is 4.55. The smallest absolute Gasteiger partial charge is 0.267 e. The first kappa shape index (κ1) is 27.5. The van der Waals surface area contributed by atoms with Gasteiger partial charge in [0.1, 0.15) is 11.7 Å². The monoisotopic (exact) mass is 554 g/mol. The number of halogens is 1. The topological polar surface area (TPSA) is 139 Å². The molecular formula is C27H31ClN6O3S. The van der Waals surface area contributed by atoms with Gasteiger partial charge in [0.2, 0.25) is 5.91 Å². The van der Waals surface area contributed by atoms with E-state index >= 15 is 0 Å². The summed E-state index contributed by atoms with van der Waals surface area (Å²) in [6.45, 7) is 3.90. The van der Waals surface area contributed by atoms with Gasteiger partial charge in [-0.05, 0) is 56.5 Å². The zero-order valence-electron chi connectivity index (χ0n) is 21.3. The fraction of sp³-hybridized carbons (Fsp3) is 0.370. The molecule has 11 heteroatoms. The Morgan fingerprint density at radius 1 is 1.13 bits per heavy atom. The molecule has 0 radical (unpaired) electrons. The van der Waals surface area contributed by atoms with Gasteiger partial charge in [0, 0.05) is 11.1 Å². The van der Waals surface area contributed by atoms with Crippen molar-refractivity contribution in [1.82, 2.24) is 15.3 Å². The standard InChI is InChI=1S/C27H31ClN6O3S/c1-15-21(12-18(28)13-30-15)32-16(2)23-9-10-24(38-23)27(37)34-22(11-17-5-3-4-6-17)26(36)33-19-7-8-20(25(29)35)31-14-19/h7-10,12-14,16-17,22,32H,3-6,11H2,1-2H3,(H2,29,35)(H,33,36)(H,34,37)/t16-,22-/m0/s1. The molecule has 3 heterocycles. The van der Waals surface area contributed by atoms with E-state index in [1.54, 1.807) is 18.3 Å². The number of nitrogens with two attached hydrogens (primary N) is 1. The van der Waals surface area contributed by atoms with Crippen LogP contribution in [0.4, 0.5) is 11.4 Å². The molecule has 1 aliphatic carbocycles. The van der Waals surface area contributed by atoms with Crippen LogP contribution in [-0.4, -0.2) is 33.7 Å². The lowest BCUT2D eigenvalue weighted by atomic mass is 9.97. The van der Waals surface area contributed by atoms with Crippen LogP contribution in [-0.2, 0) is 4.79 Å². The minimum Gasteiger partial charge on any atom is -0.376 e. The Hall–Kier alpha value is -3.50. The van der Waals surface area contributed by atoms with Crippen LogP contribution in [0.3, 0.4) is 0 Å². The van der Waals surface area contributed by atoms with Crippen molar-refractivity contribution < 1.29 is 14.4 Å². The highest BCUT2D eigenvalue weighted by Crippen LogP contribution is 2.30. The van der Waals surface area contributed by atoms with Crippen LogP contribution in [0.5, 0.6) is 0 Å². The van der Waals surface area contributed by atoms with Crippen molar-refractivity contribution in [2.24, 2.45) is 11.7 Å². The number of pyridine rings is 2. The summed E-state index contributed by atoms with van der Waals surface area (Å²) in [4.78, 5) is 47.4. The average Bonchev–Trinajstić information content (AvgIpc) is 3.59. The molecule has 5 N–H and O–H groups in total. The van der Waals surface area contributed by atoms with Crippen LogP contribution in [0.1, 0.15) is 75.8 Å². The molecule has 0 bridgehead atoms. The Morgan fingerprint density at radius 2 is 1.89 bits per heavy atom. The van der Waals surface area contributed by atoms with Gasteiger partial charge >= 0.3 is 0 Å². The molecular weight excluding hydrogens is 524 g/mol. The molecule has 3 amide bonds. The predicted octanol–water partition coefficient (Wildman–Crippen LogP) is 5.09. The van der Waals surface area contributed by atoms with Gasteiger partial charge in [0.25, 0.3) is 11.8 Å². The second-order valence-electron chi connectivity index (χ2n) is 9.55. The number of rotatable bonds is 10. The maximum atomic E-state index is 13.2. The van der Waals surface area contributed by atoms with E-state index in [0.29, 0.717) is 27.9 Å². The molecule has 0 unspecified atom stereocenters. The van der Waals surface area contributed by atoms with Gasteiger partial charge in [0.15, 0.2) is 0 Å². The minimum atomic E-state index is -0.706. The number of hydrogen-bond acceptors (Lipinski definition) is 7. The fourth-order valence-corrected chi connectivity index (χ4v) is 5.62. The third-order valence-electron chi connectivity index (χ3n) is 6.65. The Bertz CT molecular complexity index is 1310. The summed E-state index contributed by atoms with van der Waals surface area (Å²) in [7, 11) is 0. The lowest BCUT2D eigenvalue weighted by Gasteiger charge is -2.21. The third-order valence-corrected chi connectivity index (χ3v) is 8.13. The van der Waals surface area contributed by atoms with E-state index < -0.39 is 11.9 Å². The number of carbonyl (C=O) groups is 3. The lowest BCUT2D eigenvalue weighted by Crippen LogP contribution is -2.44. The maximum Gasteiger partial charge on any atom is 0.267 e. The van der Waals surface area contributed by atoms with E-state index in [9.17, 15) is 14.4 Å². The van der Waals surface area contributed by atoms with E-state index in [1.807, 2.05) is 26.0 Å². The molecule has 38 heavy (non-hydrogen) atoms. The number of anilines is 2. The summed E-state index contributed by atoms with van der Waals surface area (Å²) in [6.07, 6.45) is 7.88. The number of nitrogens with one attached hydrogen (secondary N) is 3. The number of primary amides is 1. The van der Waals surface area contributed by atoms with Gasteiger partial charge in [-0.15, -0.1) is 11.3 Å². The molecule has 1 aliphatic rings. The highest BCUT2D eigenvalue weighted by atomic mass is 35.5. The van der Waals surface area contributed by atoms with Crippen LogP contribution in [0.25, 0.3) is 0 Å². The minimum absolute atomic E-state index is 0.0750. The van der Waals surface area contributed by atoms with E-state index in [-0.39, 0.29) is 23.6 Å². The van der Waals surface area contributed by atoms with Crippen LogP contribution in [0.2, 0.25) is 5.02 Å². The van der Waals surface area contributed by atoms with Crippen LogP contribution >= 0.6 is 22.9 Å². The predicted molar refractivity (Wildman–Crippen MR) is 150 cm³/mol. The van der Waals surface area contributed by atoms with Crippen molar-refractivity contribution in [3.8, 4) is 0 Å². The molecule has 3 aromatic rings. The molecule has 1 saturated carbocycles. The zero-order chi connectivity index (χ0) is 27.2. The number of aromatic nitrogens is 2. The highest BCUT2D eigenvalue weighted by Gasteiger charge is 2.28. The second kappa shape index (κ2) is 12.4. The van der Waals surface area contributed by atoms with Gasteiger partial charge in [-0.25, -0.2) is 4.98 Å². The molecule has 2 atom stereocenters. The number of aryl methyl sites for hydroxylation is 1. The quantitative estimate of drug-likeness (QED) is 0.275. The lowest BCUT2D eigenvalue weighted by molar-refractivity contribution is -0.118. The van der Waals surface area contributed by atoms with Gasteiger partial charge in [-0.1, -0.05) is 37.3 Å². The molecule has 9 nitrogen and oxygen atoms in total. The third kappa shape index (κ3) is 7.08. The van der Waals surface area contributed by atoms with Crippen molar-refractivity contribution in [2.75, 3.05) is 10.6 Å². The first-order valence-corrected chi connectivity index (χ1v) is 13.7. The van der Waals surface area contributed by atoms with Crippen molar-refractivity contribution in [3.63, 3.8) is 0 Å². The molecule has 3 aromatic heterocycles. The van der Waals surface area contributed by atoms with Crippen molar-refractivity contribution in [3.05, 3.63) is 68.9 Å². The molecule has 0 saturated heterocycles. The molecule has 1 fully saturated rings. The summed E-state index contributed by atoms with van der Waals surface area (Å²) in [5.41, 5.74) is 7.43. The summed E-state index contributed by atoms with van der Waals surface area (Å²) >= 11 is 7.46. The molecule has 0 aromatic carbocycles. The number of carbonyl (C=O) groups excluding carboxylic acids is 3. The molecule has 4 rings (SSSR count). The van der Waals surface area contributed by atoms with Crippen LogP contribution in [0.15, 0.2) is 42.7 Å². The summed E-state index contributed by atoms with van der Waals surface area (Å²) in [6, 6.07) is 7.74. The Labute approximate surface area is 230 Å². The van der Waals surface area contributed by atoms with Gasteiger partial charge < -0.3 is 21.7 Å². The van der Waals surface area contributed by atoms with E-state index in [4.69, 9.17) is 17.3 Å². The summed E-state index contributed by atoms with van der Waals surface area (Å²) < 4.78 is 0. The van der Waals surface area contributed by atoms with Crippen molar-refractivity contribution >= 4 is 52.0 Å². The number of thiophene rings is 1. The number of amides is 3. The Kier molecular flexibility index (Phi) is 8.96. The largest absolute Gasteiger partial charge is 0.376 e. The SMILES string of the molecule is Cc1ncc(Cl)cc1N[C@@H](C)c1ccc(C(=O)N[C@@H](CC2CCCC2)C(=O)Nc2ccc(C(N)=O)nc2)s1. The maximum absolute atomic E-state index is 13.2. The zero-order valence-corrected chi connectivity index (χ0v) is 22.9. The molecule has 0 spiro atoms. The van der Waals surface area contributed by atoms with Gasteiger partial charge in [-0.3, -0.25) is 19.4 Å². The van der Waals surface area contributed by atoms with Crippen LogP contribution < -0.4 is 21.7 Å². The van der Waals surface area contributed by atoms with E-state index in [0.717, 1.165) is 41.9 Å². The normalized spacial score (nSPS) is 15.0. The van der Waals surface area contributed by atoms with Crippen LogP contribution in [0, 0.1) is 12.8 Å². The average molecular weight is 555 g/mol. The van der Waals surface area contributed by atoms with Crippen molar-refractivity contribution in [1.29, 1.82) is 0 Å². The van der Waals surface area contributed by atoms with Gasteiger partial charge in [0.05, 0.1) is 39.2 Å². The van der Waals surface area contributed by atoms with E-state index in [2.05, 4.69) is 25.9 Å². The second-order valence-corrected chi connectivity index (χ2v) is 11.1. The highest BCUT2D eigenvalue weighted by molar-refractivity contribution is 7.14. The first-order valence-electron chi connectivity index (χ1n) is 12.6. The van der Waals surface area contributed by atoms with Crippen molar-refractivity contribution in [2.45, 2.75) is 58.0 Å². The Morgan fingerprint density at radius 3 is 2.58 bits per heavy atom. The summed E-state index contributed by atoms with van der Waals surface area (Å²) in [5, 5.41) is 9.70. The molecule has 0 aliphatic heterocycles. The van der Waals surface area contributed by atoms with E-state index in [1.165, 1.54) is 23.6 Å². The molecule has 200 valence electrons. The number of hydrogen-bond donors (Lipinski definition) is 4. The Balaban J connectivity index is 1.43. The van der Waals surface area contributed by atoms with Gasteiger partial charge in [-0.2, -0.15) is 0 Å². The number of nitrogens with zero attached hydrogens (tertiary/aromatic N) is 2. The summed E-state index contributed by atoms with van der Waals surface area (Å²) in [5.74, 6) is -0.892. The first-order chi connectivity index (χ1) is 18.2.